The molecule has 0 amide bonds. The fourth-order valence-electron chi connectivity index (χ4n) is 8.72. The quantitative estimate of drug-likeness (QED) is 0.170. The smallest absolute Gasteiger partial charge is 0.0587 e. The van der Waals surface area contributed by atoms with E-state index >= 15 is 0 Å². The van der Waals surface area contributed by atoms with Gasteiger partial charge in [-0.3, -0.25) is 0 Å². The number of benzene rings is 8. The zero-order valence-corrected chi connectivity index (χ0v) is 29.9. The van der Waals surface area contributed by atoms with Crippen molar-refractivity contribution in [3.8, 4) is 39.1 Å². The molecule has 252 valence electrons. The van der Waals surface area contributed by atoms with Crippen molar-refractivity contribution in [3.63, 3.8) is 0 Å². The molecule has 0 saturated heterocycles. The van der Waals surface area contributed by atoms with Crippen LogP contribution in [0.5, 0.6) is 0 Å². The fourth-order valence-corrected chi connectivity index (χ4v) is 8.72. The molecule has 0 bridgehead atoms. The number of aromatic nitrogens is 1. The van der Waals surface area contributed by atoms with Crippen LogP contribution in [-0.2, 0) is 5.41 Å². The number of anilines is 3. The Morgan fingerprint density at radius 3 is 1.75 bits per heavy atom. The number of rotatable bonds is 6. The number of para-hydroxylation sites is 3. The van der Waals surface area contributed by atoms with Crippen LogP contribution in [0, 0.1) is 0 Å². The maximum atomic E-state index is 2.49. The lowest BCUT2D eigenvalue weighted by Crippen LogP contribution is -2.21. The summed E-state index contributed by atoms with van der Waals surface area (Å²) in [6.07, 6.45) is 0. The normalized spacial score (nSPS) is 12.9. The Morgan fingerprint density at radius 1 is 0.415 bits per heavy atom. The van der Waals surface area contributed by atoms with Gasteiger partial charge >= 0.3 is 0 Å². The molecule has 0 unspecified atom stereocenters. The van der Waals surface area contributed by atoms with Crippen LogP contribution < -0.4 is 4.90 Å². The van der Waals surface area contributed by atoms with E-state index in [0.717, 1.165) is 11.4 Å². The first-order valence-electron chi connectivity index (χ1n) is 18.4. The van der Waals surface area contributed by atoms with Crippen LogP contribution in [0.2, 0.25) is 0 Å². The molecule has 8 aromatic carbocycles. The molecule has 53 heavy (non-hydrogen) atoms. The molecule has 0 fully saturated rings. The van der Waals surface area contributed by atoms with Gasteiger partial charge < -0.3 is 9.47 Å². The van der Waals surface area contributed by atoms with Crippen LogP contribution in [0.1, 0.15) is 25.0 Å². The maximum absolute atomic E-state index is 2.49. The van der Waals surface area contributed by atoms with E-state index in [4.69, 9.17) is 0 Å². The largest absolute Gasteiger partial charge is 0.310 e. The monoisotopic (exact) mass is 678 g/mol. The van der Waals surface area contributed by atoms with E-state index in [9.17, 15) is 0 Å². The second-order valence-electron chi connectivity index (χ2n) is 14.6. The molecule has 0 spiro atoms. The average molecular weight is 679 g/mol. The van der Waals surface area contributed by atoms with Gasteiger partial charge in [-0.25, -0.2) is 0 Å². The molecule has 9 aromatic rings. The van der Waals surface area contributed by atoms with Crippen LogP contribution in [0.15, 0.2) is 194 Å². The molecule has 1 aromatic heterocycles. The van der Waals surface area contributed by atoms with Crippen molar-refractivity contribution in [3.05, 3.63) is 205 Å². The molecular formula is C51H38N2. The summed E-state index contributed by atoms with van der Waals surface area (Å²) in [5.41, 5.74) is 17.0. The van der Waals surface area contributed by atoms with E-state index in [1.807, 2.05) is 0 Å². The van der Waals surface area contributed by atoms with Gasteiger partial charge in [-0.2, -0.15) is 0 Å². The highest BCUT2D eigenvalue weighted by Crippen LogP contribution is 2.57. The van der Waals surface area contributed by atoms with Crippen LogP contribution in [0.25, 0.3) is 60.9 Å². The number of hydrogen-bond donors (Lipinski definition) is 0. The first-order chi connectivity index (χ1) is 26.1. The van der Waals surface area contributed by atoms with E-state index in [1.165, 1.54) is 77.7 Å². The van der Waals surface area contributed by atoms with Gasteiger partial charge in [-0.05, 0) is 93.5 Å². The Morgan fingerprint density at radius 2 is 0.981 bits per heavy atom. The van der Waals surface area contributed by atoms with Crippen LogP contribution in [-0.4, -0.2) is 4.57 Å². The number of nitrogens with zero attached hydrogens (tertiary/aromatic N) is 2. The van der Waals surface area contributed by atoms with Crippen LogP contribution >= 0.6 is 0 Å². The van der Waals surface area contributed by atoms with Crippen LogP contribution in [0.4, 0.5) is 17.1 Å². The highest BCUT2D eigenvalue weighted by molar-refractivity contribution is 6.11. The zero-order valence-electron chi connectivity index (χ0n) is 29.9. The third-order valence-electron chi connectivity index (χ3n) is 11.2. The summed E-state index contributed by atoms with van der Waals surface area (Å²) < 4.78 is 2.39. The van der Waals surface area contributed by atoms with Crippen molar-refractivity contribution < 1.29 is 0 Å². The van der Waals surface area contributed by atoms with Gasteiger partial charge in [-0.1, -0.05) is 153 Å². The maximum Gasteiger partial charge on any atom is 0.0587 e. The minimum absolute atomic E-state index is 0.234. The Balaban J connectivity index is 1.26. The van der Waals surface area contributed by atoms with Gasteiger partial charge in [0, 0.05) is 38.8 Å². The van der Waals surface area contributed by atoms with Gasteiger partial charge in [0.25, 0.3) is 0 Å². The van der Waals surface area contributed by atoms with E-state index in [-0.39, 0.29) is 5.41 Å². The predicted molar refractivity (Wildman–Crippen MR) is 224 cm³/mol. The average Bonchev–Trinajstić information content (AvgIpc) is 3.67. The predicted octanol–water partition coefficient (Wildman–Crippen LogP) is 13.9. The Labute approximate surface area is 310 Å². The van der Waals surface area contributed by atoms with Gasteiger partial charge in [-0.15, -0.1) is 0 Å². The summed E-state index contributed by atoms with van der Waals surface area (Å²) in [6, 6.07) is 70.8. The number of fused-ring (bicyclic) bond motifs is 6. The molecule has 0 atom stereocenters. The third-order valence-corrected chi connectivity index (χ3v) is 11.2. The van der Waals surface area contributed by atoms with Crippen molar-refractivity contribution in [2.24, 2.45) is 0 Å². The first-order valence-corrected chi connectivity index (χ1v) is 18.4. The van der Waals surface area contributed by atoms with Crippen molar-refractivity contribution in [1.82, 2.24) is 4.57 Å². The lowest BCUT2D eigenvalue weighted by molar-refractivity contribution is 0.661. The highest BCUT2D eigenvalue weighted by atomic mass is 15.1. The van der Waals surface area contributed by atoms with Crippen molar-refractivity contribution >= 4 is 38.9 Å². The van der Waals surface area contributed by atoms with E-state index in [1.54, 1.807) is 0 Å². The van der Waals surface area contributed by atoms with Crippen molar-refractivity contribution in [2.45, 2.75) is 19.3 Å². The molecular weight excluding hydrogens is 641 g/mol. The summed E-state index contributed by atoms with van der Waals surface area (Å²) in [7, 11) is 0. The minimum Gasteiger partial charge on any atom is -0.310 e. The van der Waals surface area contributed by atoms with Crippen molar-refractivity contribution in [1.29, 1.82) is 0 Å². The molecule has 2 nitrogen and oxygen atoms in total. The molecule has 1 heterocycles. The molecule has 2 heteroatoms. The van der Waals surface area contributed by atoms with E-state index in [0.29, 0.717) is 0 Å². The van der Waals surface area contributed by atoms with Crippen LogP contribution in [0.3, 0.4) is 0 Å². The second kappa shape index (κ2) is 12.3. The lowest BCUT2D eigenvalue weighted by atomic mass is 9.79. The number of hydrogen-bond acceptors (Lipinski definition) is 1. The molecule has 10 rings (SSSR count). The third kappa shape index (κ3) is 4.94. The van der Waals surface area contributed by atoms with E-state index in [2.05, 4.69) is 217 Å². The van der Waals surface area contributed by atoms with Crippen molar-refractivity contribution in [2.75, 3.05) is 4.90 Å². The minimum atomic E-state index is -0.234. The summed E-state index contributed by atoms with van der Waals surface area (Å²) in [6.45, 7) is 4.78. The SMILES string of the molecule is CC1(C)c2ccccc2-c2ccc(-c3ccc4c(c3)c3ccccc3n4-c3ccccc3)c(N(c3ccccc3)c3ccc(-c4ccccc4)cc3)c21. The van der Waals surface area contributed by atoms with Gasteiger partial charge in [0.1, 0.15) is 0 Å². The standard InChI is InChI=1S/C51H38N2/c1-51(2)46-24-14-12-22-42(46)44-32-31-41(37-28-33-48-45(34-37)43-23-13-15-25-47(43)53(48)39-20-10-5-11-21-39)50(49(44)51)52(38-18-8-4-9-19-38)40-29-26-36(27-30-40)35-16-6-3-7-17-35/h3-34H,1-2H3. The molecule has 1 aliphatic carbocycles. The van der Waals surface area contributed by atoms with Gasteiger partial charge in [0.15, 0.2) is 0 Å². The van der Waals surface area contributed by atoms with Gasteiger partial charge in [0.2, 0.25) is 0 Å². The summed E-state index contributed by atoms with van der Waals surface area (Å²) in [4.78, 5) is 2.49. The Kier molecular flexibility index (Phi) is 7.19. The highest BCUT2D eigenvalue weighted by Gasteiger charge is 2.40. The van der Waals surface area contributed by atoms with Gasteiger partial charge in [0.05, 0.1) is 16.7 Å². The summed E-state index contributed by atoms with van der Waals surface area (Å²) >= 11 is 0. The molecule has 0 radical (unpaired) electrons. The lowest BCUT2D eigenvalue weighted by Gasteiger charge is -2.34. The molecule has 0 aliphatic heterocycles. The molecule has 1 aliphatic rings. The fraction of sp³-hybridized carbons (Fsp3) is 0.0588. The Bertz CT molecular complexity index is 2780. The molecule has 0 N–H and O–H groups in total. The first kappa shape index (κ1) is 31.1. The zero-order chi connectivity index (χ0) is 35.5. The van der Waals surface area contributed by atoms with E-state index < -0.39 is 0 Å². The second-order valence-corrected chi connectivity index (χ2v) is 14.6. The molecule has 0 saturated carbocycles. The Hall–Kier alpha value is -6.64. The summed E-state index contributed by atoms with van der Waals surface area (Å²) in [5, 5.41) is 2.49. The summed E-state index contributed by atoms with van der Waals surface area (Å²) in [5.74, 6) is 0. The topological polar surface area (TPSA) is 8.17 Å².